The molecule has 5 heteroatoms. The monoisotopic (exact) mass is 318 g/mol. The number of nitrogens with one attached hydrogen (secondary N) is 1. The van der Waals surface area contributed by atoms with Crippen LogP contribution in [0.15, 0.2) is 71.3 Å². The summed E-state index contributed by atoms with van der Waals surface area (Å²) in [7, 11) is 0. The van der Waals surface area contributed by atoms with E-state index in [4.69, 9.17) is 9.15 Å². The number of amides is 1. The van der Waals surface area contributed by atoms with Crippen LogP contribution >= 0.6 is 0 Å². The Balaban J connectivity index is 1.70. The lowest BCUT2D eigenvalue weighted by Gasteiger charge is -2.05. The molecule has 1 aromatic heterocycles. The second-order valence-corrected chi connectivity index (χ2v) is 5.02. The number of hydrogen-bond donors (Lipinski definition) is 1. The van der Waals surface area contributed by atoms with Crippen molar-refractivity contribution in [3.05, 3.63) is 78.1 Å². The Morgan fingerprint density at radius 3 is 2.42 bits per heavy atom. The quantitative estimate of drug-likeness (QED) is 0.764. The van der Waals surface area contributed by atoms with Crippen LogP contribution in [0.4, 0.5) is 10.7 Å². The van der Waals surface area contributed by atoms with Gasteiger partial charge in [-0.15, -0.1) is 0 Å². The normalized spacial score (nSPS) is 9.96. The smallest absolute Gasteiger partial charge is 0.414 e. The average molecular weight is 318 g/mol. The van der Waals surface area contributed by atoms with E-state index in [1.807, 2.05) is 60.7 Å². The number of furan rings is 1. The third-order valence-corrected chi connectivity index (χ3v) is 3.42. The number of hydrogen-bond acceptors (Lipinski definition) is 4. The molecule has 0 unspecified atom stereocenters. The highest BCUT2D eigenvalue weighted by Crippen LogP contribution is 2.30. The van der Waals surface area contributed by atoms with Gasteiger partial charge in [0, 0.05) is 5.56 Å². The minimum Gasteiger partial charge on any atom is -0.446 e. The minimum absolute atomic E-state index is 0.0782. The van der Waals surface area contributed by atoms with E-state index in [2.05, 4.69) is 11.4 Å². The first kappa shape index (κ1) is 15.4. The van der Waals surface area contributed by atoms with Gasteiger partial charge < -0.3 is 9.15 Å². The highest BCUT2D eigenvalue weighted by molar-refractivity contribution is 5.87. The van der Waals surface area contributed by atoms with Crippen molar-refractivity contribution in [2.45, 2.75) is 6.61 Å². The molecule has 0 bridgehead atoms. The molecule has 0 saturated carbocycles. The summed E-state index contributed by atoms with van der Waals surface area (Å²) in [5.74, 6) is 0.0782. The van der Waals surface area contributed by atoms with Crippen LogP contribution in [-0.4, -0.2) is 6.09 Å². The first-order chi connectivity index (χ1) is 11.8. The van der Waals surface area contributed by atoms with Crippen LogP contribution in [0.2, 0.25) is 0 Å². The highest BCUT2D eigenvalue weighted by atomic mass is 16.5. The molecular formula is C19H14N2O3. The van der Waals surface area contributed by atoms with Gasteiger partial charge in [0.1, 0.15) is 24.5 Å². The third kappa shape index (κ3) is 3.45. The van der Waals surface area contributed by atoms with E-state index in [9.17, 15) is 10.1 Å². The fraction of sp³-hybridized carbons (Fsp3) is 0.0526. The fourth-order valence-corrected chi connectivity index (χ4v) is 2.24. The molecule has 2 aromatic carbocycles. The molecule has 118 valence electrons. The number of ether oxygens (including phenoxy) is 1. The predicted octanol–water partition coefficient (Wildman–Crippen LogP) is 4.57. The SMILES string of the molecule is N#Cc1c(-c2ccccc2)coc1NC(=O)OCc1ccccc1. The van der Waals surface area contributed by atoms with Crippen molar-refractivity contribution in [1.82, 2.24) is 0 Å². The Morgan fingerprint density at radius 2 is 1.75 bits per heavy atom. The zero-order valence-corrected chi connectivity index (χ0v) is 12.7. The molecule has 1 N–H and O–H groups in total. The van der Waals surface area contributed by atoms with Crippen LogP contribution < -0.4 is 5.32 Å². The fourth-order valence-electron chi connectivity index (χ4n) is 2.24. The standard InChI is InChI=1S/C19H14N2O3/c20-11-16-17(15-9-5-2-6-10-15)13-23-18(16)21-19(22)24-12-14-7-3-1-4-8-14/h1-10,13H,12H2,(H,21,22). The highest BCUT2D eigenvalue weighted by Gasteiger charge is 2.17. The van der Waals surface area contributed by atoms with E-state index in [1.54, 1.807) is 0 Å². The molecule has 0 aliphatic carbocycles. The Labute approximate surface area is 139 Å². The lowest BCUT2D eigenvalue weighted by Crippen LogP contribution is -2.13. The summed E-state index contributed by atoms with van der Waals surface area (Å²) < 4.78 is 10.5. The first-order valence-corrected chi connectivity index (χ1v) is 7.32. The van der Waals surface area contributed by atoms with Gasteiger partial charge in [0.15, 0.2) is 0 Å². The Bertz CT molecular complexity index is 865. The van der Waals surface area contributed by atoms with E-state index in [0.717, 1.165) is 11.1 Å². The number of benzene rings is 2. The zero-order chi connectivity index (χ0) is 16.8. The number of nitriles is 1. The minimum atomic E-state index is -0.677. The molecule has 0 spiro atoms. The third-order valence-electron chi connectivity index (χ3n) is 3.42. The van der Waals surface area contributed by atoms with E-state index >= 15 is 0 Å². The second-order valence-electron chi connectivity index (χ2n) is 5.02. The van der Waals surface area contributed by atoms with Crippen LogP contribution in [0, 0.1) is 11.3 Å². The summed E-state index contributed by atoms with van der Waals surface area (Å²) in [6, 6.07) is 20.7. The van der Waals surface area contributed by atoms with E-state index in [-0.39, 0.29) is 18.1 Å². The Hall–Kier alpha value is -3.52. The maximum atomic E-state index is 11.9. The molecule has 3 aromatic rings. The molecule has 1 amide bonds. The van der Waals surface area contributed by atoms with Crippen molar-refractivity contribution < 1.29 is 13.9 Å². The largest absolute Gasteiger partial charge is 0.446 e. The van der Waals surface area contributed by atoms with Gasteiger partial charge in [-0.1, -0.05) is 60.7 Å². The summed E-state index contributed by atoms with van der Waals surface area (Å²) >= 11 is 0. The molecule has 0 saturated heterocycles. The van der Waals surface area contributed by atoms with Crippen molar-refractivity contribution in [3.8, 4) is 17.2 Å². The lowest BCUT2D eigenvalue weighted by molar-refractivity contribution is 0.154. The number of carbonyl (C=O) groups is 1. The van der Waals surface area contributed by atoms with Crippen molar-refractivity contribution >= 4 is 12.0 Å². The Kier molecular flexibility index (Phi) is 4.59. The second kappa shape index (κ2) is 7.16. The summed E-state index contributed by atoms with van der Waals surface area (Å²) in [6.07, 6.45) is 0.769. The van der Waals surface area contributed by atoms with Gasteiger partial charge in [0.25, 0.3) is 0 Å². The molecule has 0 fully saturated rings. The van der Waals surface area contributed by atoms with Crippen LogP contribution in [-0.2, 0) is 11.3 Å². The maximum Gasteiger partial charge on any atom is 0.414 e. The Morgan fingerprint density at radius 1 is 1.08 bits per heavy atom. The first-order valence-electron chi connectivity index (χ1n) is 7.32. The predicted molar refractivity (Wildman–Crippen MR) is 89.1 cm³/mol. The van der Waals surface area contributed by atoms with Crippen LogP contribution in [0.25, 0.3) is 11.1 Å². The molecule has 0 aliphatic rings. The van der Waals surface area contributed by atoms with Crippen LogP contribution in [0.3, 0.4) is 0 Å². The lowest BCUT2D eigenvalue weighted by atomic mass is 10.1. The van der Waals surface area contributed by atoms with Crippen LogP contribution in [0.5, 0.6) is 0 Å². The van der Waals surface area contributed by atoms with Gasteiger partial charge in [-0.05, 0) is 11.1 Å². The number of anilines is 1. The van der Waals surface area contributed by atoms with Gasteiger partial charge in [-0.3, -0.25) is 5.32 Å². The average Bonchev–Trinajstić information content (AvgIpc) is 3.04. The topological polar surface area (TPSA) is 75.3 Å². The summed E-state index contributed by atoms with van der Waals surface area (Å²) in [5.41, 5.74) is 2.59. The summed E-state index contributed by atoms with van der Waals surface area (Å²) in [4.78, 5) is 11.9. The van der Waals surface area contributed by atoms with Crippen molar-refractivity contribution in [3.63, 3.8) is 0 Å². The number of carbonyl (C=O) groups excluding carboxylic acids is 1. The van der Waals surface area contributed by atoms with Gasteiger partial charge in [-0.2, -0.15) is 5.26 Å². The van der Waals surface area contributed by atoms with E-state index in [1.165, 1.54) is 6.26 Å². The van der Waals surface area contributed by atoms with E-state index in [0.29, 0.717) is 5.56 Å². The van der Waals surface area contributed by atoms with Crippen LogP contribution in [0.1, 0.15) is 11.1 Å². The zero-order valence-electron chi connectivity index (χ0n) is 12.7. The molecule has 1 heterocycles. The van der Waals surface area contributed by atoms with Crippen molar-refractivity contribution in [2.24, 2.45) is 0 Å². The molecule has 3 rings (SSSR count). The van der Waals surface area contributed by atoms with E-state index < -0.39 is 6.09 Å². The molecule has 0 atom stereocenters. The molecule has 24 heavy (non-hydrogen) atoms. The van der Waals surface area contributed by atoms with Crippen molar-refractivity contribution in [2.75, 3.05) is 5.32 Å². The van der Waals surface area contributed by atoms with Gasteiger partial charge >= 0.3 is 6.09 Å². The van der Waals surface area contributed by atoms with Gasteiger partial charge in [0.2, 0.25) is 5.88 Å². The summed E-state index contributed by atoms with van der Waals surface area (Å²) in [5, 5.41) is 11.8. The molecule has 5 nitrogen and oxygen atoms in total. The number of nitrogens with zero attached hydrogens (tertiary/aromatic N) is 1. The maximum absolute atomic E-state index is 11.9. The molecular weight excluding hydrogens is 304 g/mol. The molecule has 0 aliphatic heterocycles. The van der Waals surface area contributed by atoms with Gasteiger partial charge in [0.05, 0.1) is 0 Å². The number of rotatable bonds is 4. The summed E-state index contributed by atoms with van der Waals surface area (Å²) in [6.45, 7) is 0.140. The van der Waals surface area contributed by atoms with Gasteiger partial charge in [-0.25, -0.2) is 4.79 Å². The molecule has 0 radical (unpaired) electrons. The van der Waals surface area contributed by atoms with Crippen molar-refractivity contribution in [1.29, 1.82) is 5.26 Å².